The number of aromatic nitrogens is 2. The first-order valence-electron chi connectivity index (χ1n) is 7.13. The van der Waals surface area contributed by atoms with E-state index < -0.39 is 0 Å². The molecule has 3 heterocycles. The number of likely N-dealkylation sites (tertiary alicyclic amines) is 1. The topological polar surface area (TPSA) is 58.1 Å². The second-order valence-electron chi connectivity index (χ2n) is 5.24. The van der Waals surface area contributed by atoms with Crippen LogP contribution in [0.2, 0.25) is 0 Å². The molecule has 5 nitrogen and oxygen atoms in total. The van der Waals surface area contributed by atoms with Crippen molar-refractivity contribution in [3.63, 3.8) is 0 Å². The summed E-state index contributed by atoms with van der Waals surface area (Å²) in [5.74, 6) is 0.509. The van der Waals surface area contributed by atoms with E-state index in [1.54, 1.807) is 6.20 Å². The minimum atomic E-state index is 0.0142. The van der Waals surface area contributed by atoms with Gasteiger partial charge in [0.2, 0.25) is 5.91 Å². The van der Waals surface area contributed by atoms with Gasteiger partial charge in [-0.1, -0.05) is 0 Å². The predicted molar refractivity (Wildman–Crippen MR) is 83.4 cm³/mol. The number of carbonyl (C=O) groups is 1. The van der Waals surface area contributed by atoms with Gasteiger partial charge in [0.25, 0.3) is 0 Å². The van der Waals surface area contributed by atoms with Crippen LogP contribution < -0.4 is 5.32 Å². The average Bonchev–Trinajstić information content (AvgIpc) is 3.01. The summed E-state index contributed by atoms with van der Waals surface area (Å²) < 4.78 is 0. The largest absolute Gasteiger partial charge is 0.301 e. The molecular formula is C15H18N4OS. The Hall–Kier alpha value is -1.79. The minimum Gasteiger partial charge on any atom is -0.301 e. The second kappa shape index (κ2) is 6.78. The number of anilines is 1. The number of hydrogen-bond acceptors (Lipinski definition) is 5. The molecule has 0 bridgehead atoms. The zero-order chi connectivity index (χ0) is 14.5. The van der Waals surface area contributed by atoms with E-state index >= 15 is 0 Å². The van der Waals surface area contributed by atoms with Crippen molar-refractivity contribution in [3.05, 3.63) is 41.7 Å². The standard InChI is InChI=1S/C15H18N4OS/c20-14(18-15-17-7-9-21-15)11-19-8-1-2-13(10-19)12-3-5-16-6-4-12/h3-7,9,13H,1-2,8,10-11H2,(H,17,18,20)/t13-/m0/s1. The van der Waals surface area contributed by atoms with Gasteiger partial charge < -0.3 is 5.32 Å². The van der Waals surface area contributed by atoms with E-state index in [0.717, 1.165) is 19.5 Å². The van der Waals surface area contributed by atoms with Gasteiger partial charge in [0.15, 0.2) is 5.13 Å². The van der Waals surface area contributed by atoms with E-state index in [0.29, 0.717) is 17.6 Å². The molecule has 0 unspecified atom stereocenters. The molecule has 0 saturated carbocycles. The van der Waals surface area contributed by atoms with Gasteiger partial charge in [-0.15, -0.1) is 11.3 Å². The Morgan fingerprint density at radius 1 is 1.38 bits per heavy atom. The van der Waals surface area contributed by atoms with Gasteiger partial charge in [-0.2, -0.15) is 0 Å². The molecule has 1 atom stereocenters. The number of thiazole rings is 1. The Morgan fingerprint density at radius 3 is 3.00 bits per heavy atom. The van der Waals surface area contributed by atoms with Gasteiger partial charge in [0.1, 0.15) is 0 Å². The van der Waals surface area contributed by atoms with E-state index in [-0.39, 0.29) is 5.91 Å². The van der Waals surface area contributed by atoms with E-state index in [9.17, 15) is 4.79 Å². The molecule has 0 aliphatic carbocycles. The van der Waals surface area contributed by atoms with E-state index in [1.165, 1.54) is 23.3 Å². The zero-order valence-electron chi connectivity index (χ0n) is 11.7. The minimum absolute atomic E-state index is 0.0142. The number of piperidine rings is 1. The molecule has 2 aromatic heterocycles. The third-order valence-corrected chi connectivity index (χ3v) is 4.42. The monoisotopic (exact) mass is 302 g/mol. The maximum absolute atomic E-state index is 12.0. The number of carbonyl (C=O) groups excluding carboxylic acids is 1. The van der Waals surface area contributed by atoms with Crippen LogP contribution in [-0.2, 0) is 4.79 Å². The van der Waals surface area contributed by atoms with Crippen LogP contribution in [-0.4, -0.2) is 40.4 Å². The van der Waals surface area contributed by atoms with Crippen LogP contribution in [0, 0.1) is 0 Å². The van der Waals surface area contributed by atoms with Crippen LogP contribution in [0.4, 0.5) is 5.13 Å². The molecule has 1 amide bonds. The van der Waals surface area contributed by atoms with Crippen LogP contribution in [0.3, 0.4) is 0 Å². The van der Waals surface area contributed by atoms with Crippen molar-refractivity contribution in [2.24, 2.45) is 0 Å². The normalized spacial score (nSPS) is 19.3. The van der Waals surface area contributed by atoms with E-state index in [4.69, 9.17) is 0 Å². The fraction of sp³-hybridized carbons (Fsp3) is 0.400. The molecule has 1 aliphatic heterocycles. The smallest absolute Gasteiger partial charge is 0.240 e. The summed E-state index contributed by atoms with van der Waals surface area (Å²) in [6.07, 6.45) is 7.67. The Kier molecular flexibility index (Phi) is 4.57. The lowest BCUT2D eigenvalue weighted by atomic mass is 9.91. The highest BCUT2D eigenvalue weighted by Gasteiger charge is 2.22. The molecular weight excluding hydrogens is 284 g/mol. The molecule has 6 heteroatoms. The Balaban J connectivity index is 1.55. The average molecular weight is 302 g/mol. The lowest BCUT2D eigenvalue weighted by Gasteiger charge is -2.32. The van der Waals surface area contributed by atoms with E-state index in [2.05, 4.69) is 32.3 Å². The first-order chi connectivity index (χ1) is 10.3. The number of hydrogen-bond donors (Lipinski definition) is 1. The third-order valence-electron chi connectivity index (χ3n) is 3.73. The number of pyridine rings is 1. The van der Waals surface area contributed by atoms with E-state index in [1.807, 2.05) is 17.8 Å². The maximum atomic E-state index is 12.0. The maximum Gasteiger partial charge on any atom is 0.240 e. The summed E-state index contributed by atoms with van der Waals surface area (Å²) in [5, 5.41) is 5.37. The molecule has 2 aromatic rings. The zero-order valence-corrected chi connectivity index (χ0v) is 12.6. The highest BCUT2D eigenvalue weighted by atomic mass is 32.1. The van der Waals surface area contributed by atoms with Gasteiger partial charge in [-0.3, -0.25) is 14.7 Å². The Morgan fingerprint density at radius 2 is 2.24 bits per heavy atom. The molecule has 1 fully saturated rings. The first kappa shape index (κ1) is 14.2. The highest BCUT2D eigenvalue weighted by molar-refractivity contribution is 7.13. The highest BCUT2D eigenvalue weighted by Crippen LogP contribution is 2.26. The summed E-state index contributed by atoms with van der Waals surface area (Å²) in [6.45, 7) is 2.34. The fourth-order valence-electron chi connectivity index (χ4n) is 2.75. The Labute approximate surface area is 128 Å². The van der Waals surface area contributed by atoms with Gasteiger partial charge in [0.05, 0.1) is 6.54 Å². The quantitative estimate of drug-likeness (QED) is 0.942. The van der Waals surface area contributed by atoms with Gasteiger partial charge >= 0.3 is 0 Å². The molecule has 110 valence electrons. The third kappa shape index (κ3) is 3.86. The molecule has 1 aliphatic rings. The Bertz CT molecular complexity index is 573. The second-order valence-corrected chi connectivity index (χ2v) is 6.13. The van der Waals surface area contributed by atoms with Crippen LogP contribution in [0.5, 0.6) is 0 Å². The van der Waals surface area contributed by atoms with Crippen molar-refractivity contribution >= 4 is 22.4 Å². The van der Waals surface area contributed by atoms with Gasteiger partial charge in [-0.05, 0) is 43.0 Å². The van der Waals surface area contributed by atoms with Crippen molar-refractivity contribution in [1.82, 2.24) is 14.9 Å². The number of rotatable bonds is 4. The SMILES string of the molecule is O=C(CN1CCC[C@H](c2ccncc2)C1)Nc1nccs1. The molecule has 1 saturated heterocycles. The summed E-state index contributed by atoms with van der Waals surface area (Å²) >= 11 is 1.44. The van der Waals surface area contributed by atoms with Crippen LogP contribution in [0.1, 0.15) is 24.3 Å². The molecule has 0 spiro atoms. The molecule has 3 rings (SSSR count). The lowest BCUT2D eigenvalue weighted by molar-refractivity contribution is -0.117. The summed E-state index contributed by atoms with van der Waals surface area (Å²) in [6, 6.07) is 4.15. The summed E-state index contributed by atoms with van der Waals surface area (Å²) in [7, 11) is 0. The van der Waals surface area contributed by atoms with Gasteiger partial charge in [-0.25, -0.2) is 4.98 Å². The van der Waals surface area contributed by atoms with Crippen LogP contribution >= 0.6 is 11.3 Å². The molecule has 0 aromatic carbocycles. The number of nitrogens with one attached hydrogen (secondary N) is 1. The summed E-state index contributed by atoms with van der Waals surface area (Å²) in [5.41, 5.74) is 1.31. The summed E-state index contributed by atoms with van der Waals surface area (Å²) in [4.78, 5) is 22.4. The van der Waals surface area contributed by atoms with Gasteiger partial charge in [0, 0.05) is 30.5 Å². The number of nitrogens with zero attached hydrogens (tertiary/aromatic N) is 3. The molecule has 21 heavy (non-hydrogen) atoms. The van der Waals surface area contributed by atoms with Crippen molar-refractivity contribution in [2.45, 2.75) is 18.8 Å². The van der Waals surface area contributed by atoms with Crippen molar-refractivity contribution in [2.75, 3.05) is 25.0 Å². The lowest BCUT2D eigenvalue weighted by Crippen LogP contribution is -2.39. The molecule has 0 radical (unpaired) electrons. The van der Waals surface area contributed by atoms with Crippen LogP contribution in [0.15, 0.2) is 36.1 Å². The fourth-order valence-corrected chi connectivity index (χ4v) is 3.30. The van der Waals surface area contributed by atoms with Crippen molar-refractivity contribution in [3.8, 4) is 0 Å². The molecule has 1 N–H and O–H groups in total. The van der Waals surface area contributed by atoms with Crippen LogP contribution in [0.25, 0.3) is 0 Å². The number of amides is 1. The van der Waals surface area contributed by atoms with Crippen molar-refractivity contribution < 1.29 is 4.79 Å². The predicted octanol–water partition coefficient (Wildman–Crippen LogP) is 2.36. The first-order valence-corrected chi connectivity index (χ1v) is 8.01. The van der Waals surface area contributed by atoms with Crippen molar-refractivity contribution in [1.29, 1.82) is 0 Å².